The van der Waals surface area contributed by atoms with E-state index in [0.29, 0.717) is 10.6 Å². The zero-order valence-electron chi connectivity index (χ0n) is 15.9. The van der Waals surface area contributed by atoms with Gasteiger partial charge in [0.25, 0.3) is 11.8 Å². The summed E-state index contributed by atoms with van der Waals surface area (Å²) in [6, 6.07) is 10.0. The Labute approximate surface area is 163 Å². The highest BCUT2D eigenvalue weighted by Gasteiger charge is 2.21. The van der Waals surface area contributed by atoms with E-state index in [-0.39, 0.29) is 36.1 Å². The fourth-order valence-electron chi connectivity index (χ4n) is 2.78. The molecule has 0 saturated heterocycles. The molecule has 0 bridgehead atoms. The van der Waals surface area contributed by atoms with E-state index in [1.807, 2.05) is 33.1 Å². The Kier molecular flexibility index (Phi) is 7.12. The lowest BCUT2D eigenvalue weighted by Gasteiger charge is -2.30. The van der Waals surface area contributed by atoms with Gasteiger partial charge in [0.2, 0.25) is 0 Å². The first-order valence-corrected chi connectivity index (χ1v) is 9.60. The van der Waals surface area contributed by atoms with Crippen LogP contribution in [-0.4, -0.2) is 41.4 Å². The maximum atomic E-state index is 12.3. The molecular formula is C20H24N2O4S. The molecule has 2 rings (SSSR count). The van der Waals surface area contributed by atoms with Crippen LogP contribution >= 0.6 is 11.3 Å². The molecule has 0 saturated carbocycles. The van der Waals surface area contributed by atoms with Gasteiger partial charge in [-0.2, -0.15) is 0 Å². The number of hydrogen-bond acceptors (Lipinski definition) is 5. The Bertz CT molecular complexity index is 792. The Morgan fingerprint density at radius 1 is 1.07 bits per heavy atom. The minimum absolute atomic E-state index is 0.0204. The molecule has 1 heterocycles. The molecule has 27 heavy (non-hydrogen) atoms. The summed E-state index contributed by atoms with van der Waals surface area (Å²) in [6.07, 6.45) is 0. The van der Waals surface area contributed by atoms with Gasteiger partial charge in [-0.05, 0) is 57.3 Å². The zero-order valence-corrected chi connectivity index (χ0v) is 16.7. The largest absolute Gasteiger partial charge is 0.452 e. The number of thiophene rings is 1. The van der Waals surface area contributed by atoms with Crippen LogP contribution in [-0.2, 0) is 9.53 Å². The average molecular weight is 388 g/mol. The summed E-state index contributed by atoms with van der Waals surface area (Å²) < 4.78 is 5.16. The van der Waals surface area contributed by atoms with Crippen molar-refractivity contribution in [2.75, 3.05) is 11.9 Å². The van der Waals surface area contributed by atoms with Crippen LogP contribution in [0, 0.1) is 0 Å². The fourth-order valence-corrected chi connectivity index (χ4v) is 3.40. The first-order chi connectivity index (χ1) is 12.8. The minimum Gasteiger partial charge on any atom is -0.452 e. The van der Waals surface area contributed by atoms with Crippen molar-refractivity contribution in [3.05, 3.63) is 52.2 Å². The van der Waals surface area contributed by atoms with E-state index in [1.165, 1.54) is 17.4 Å². The van der Waals surface area contributed by atoms with Crippen LogP contribution < -0.4 is 5.32 Å². The molecule has 1 aromatic carbocycles. The molecule has 0 radical (unpaired) electrons. The lowest BCUT2D eigenvalue weighted by Crippen LogP contribution is -2.44. The van der Waals surface area contributed by atoms with E-state index < -0.39 is 5.97 Å². The Hall–Kier alpha value is -2.67. The molecule has 7 heteroatoms. The third kappa shape index (κ3) is 5.65. The number of nitrogens with zero attached hydrogens (tertiary/aromatic N) is 1. The topological polar surface area (TPSA) is 75.7 Å². The number of amides is 2. The molecule has 144 valence electrons. The molecule has 6 nitrogen and oxygen atoms in total. The van der Waals surface area contributed by atoms with Gasteiger partial charge in [-0.3, -0.25) is 9.59 Å². The summed E-state index contributed by atoms with van der Waals surface area (Å²) in [6.45, 7) is 7.35. The van der Waals surface area contributed by atoms with Gasteiger partial charge in [0.15, 0.2) is 6.61 Å². The standard InChI is InChI=1S/C20H24N2O4S/c1-13(2)22(14(3)4)18(23)12-26-20(25)15-7-5-8-16(11-15)21-19(24)17-9-6-10-27-17/h5-11,13-14H,12H2,1-4H3,(H,21,24). The second kappa shape index (κ2) is 9.32. The van der Waals surface area contributed by atoms with Crippen LogP contribution in [0.25, 0.3) is 0 Å². The van der Waals surface area contributed by atoms with Gasteiger partial charge >= 0.3 is 5.97 Å². The van der Waals surface area contributed by atoms with Crippen LogP contribution in [0.2, 0.25) is 0 Å². The fraction of sp³-hybridized carbons (Fsp3) is 0.350. The second-order valence-corrected chi connectivity index (χ2v) is 7.52. The lowest BCUT2D eigenvalue weighted by atomic mass is 10.2. The maximum absolute atomic E-state index is 12.3. The monoisotopic (exact) mass is 388 g/mol. The van der Waals surface area contributed by atoms with Crippen molar-refractivity contribution in [3.63, 3.8) is 0 Å². The van der Waals surface area contributed by atoms with E-state index in [0.717, 1.165) is 0 Å². The number of carbonyl (C=O) groups excluding carboxylic acids is 3. The highest BCUT2D eigenvalue weighted by atomic mass is 32.1. The number of rotatable bonds is 7. The SMILES string of the molecule is CC(C)N(C(=O)COC(=O)c1cccc(NC(=O)c2cccs2)c1)C(C)C. The average Bonchev–Trinajstić information content (AvgIpc) is 3.14. The molecule has 0 aliphatic rings. The van der Waals surface area contributed by atoms with E-state index in [4.69, 9.17) is 4.74 Å². The number of hydrogen-bond donors (Lipinski definition) is 1. The summed E-state index contributed by atoms with van der Waals surface area (Å²) in [5.41, 5.74) is 0.757. The predicted molar refractivity (Wildman–Crippen MR) is 106 cm³/mol. The molecule has 0 aliphatic carbocycles. The molecular weight excluding hydrogens is 364 g/mol. The maximum Gasteiger partial charge on any atom is 0.338 e. The van der Waals surface area contributed by atoms with Crippen LogP contribution in [0.4, 0.5) is 5.69 Å². The number of esters is 1. The van der Waals surface area contributed by atoms with Crippen LogP contribution in [0.1, 0.15) is 47.7 Å². The van der Waals surface area contributed by atoms with Crippen molar-refractivity contribution in [3.8, 4) is 0 Å². The van der Waals surface area contributed by atoms with Crippen molar-refractivity contribution in [2.45, 2.75) is 39.8 Å². The second-order valence-electron chi connectivity index (χ2n) is 6.58. The first-order valence-electron chi connectivity index (χ1n) is 8.72. The van der Waals surface area contributed by atoms with Crippen LogP contribution in [0.3, 0.4) is 0 Å². The van der Waals surface area contributed by atoms with E-state index in [2.05, 4.69) is 5.32 Å². The number of ether oxygens (including phenoxy) is 1. The summed E-state index contributed by atoms with van der Waals surface area (Å²) >= 11 is 1.33. The molecule has 1 N–H and O–H groups in total. The van der Waals surface area contributed by atoms with Gasteiger partial charge in [-0.25, -0.2) is 4.79 Å². The Morgan fingerprint density at radius 3 is 2.37 bits per heavy atom. The van der Waals surface area contributed by atoms with Gasteiger partial charge in [-0.1, -0.05) is 12.1 Å². The number of carbonyl (C=O) groups is 3. The molecule has 0 fully saturated rings. The molecule has 0 spiro atoms. The minimum atomic E-state index is -0.608. The number of anilines is 1. The zero-order chi connectivity index (χ0) is 20.0. The molecule has 0 aliphatic heterocycles. The van der Waals surface area contributed by atoms with Gasteiger partial charge in [0.05, 0.1) is 10.4 Å². The van der Waals surface area contributed by atoms with Gasteiger partial charge < -0.3 is 15.0 Å². The van der Waals surface area contributed by atoms with E-state index in [1.54, 1.807) is 35.2 Å². The Balaban J connectivity index is 1.98. The number of nitrogens with one attached hydrogen (secondary N) is 1. The first kappa shape index (κ1) is 20.6. The summed E-state index contributed by atoms with van der Waals surface area (Å²) in [5.74, 6) is -1.09. The predicted octanol–water partition coefficient (Wildman–Crippen LogP) is 3.80. The van der Waals surface area contributed by atoms with E-state index >= 15 is 0 Å². The van der Waals surface area contributed by atoms with Crippen molar-refractivity contribution in [1.29, 1.82) is 0 Å². The van der Waals surface area contributed by atoms with Gasteiger partial charge in [-0.15, -0.1) is 11.3 Å². The third-order valence-corrected chi connectivity index (χ3v) is 4.70. The Morgan fingerprint density at radius 2 is 1.78 bits per heavy atom. The number of benzene rings is 1. The van der Waals surface area contributed by atoms with Crippen molar-refractivity contribution < 1.29 is 19.1 Å². The van der Waals surface area contributed by atoms with E-state index in [9.17, 15) is 14.4 Å². The quantitative estimate of drug-likeness (QED) is 0.732. The lowest BCUT2D eigenvalue weighted by molar-refractivity contribution is -0.138. The third-order valence-electron chi connectivity index (χ3n) is 3.83. The van der Waals surface area contributed by atoms with Crippen molar-refractivity contribution >= 4 is 34.8 Å². The summed E-state index contributed by atoms with van der Waals surface area (Å²) in [7, 11) is 0. The molecule has 2 amide bonds. The van der Waals surface area contributed by atoms with Gasteiger partial charge in [0, 0.05) is 17.8 Å². The summed E-state index contributed by atoms with van der Waals surface area (Å²) in [5, 5.41) is 4.56. The van der Waals surface area contributed by atoms with Crippen LogP contribution in [0.15, 0.2) is 41.8 Å². The molecule has 0 atom stereocenters. The highest BCUT2D eigenvalue weighted by Crippen LogP contribution is 2.16. The summed E-state index contributed by atoms with van der Waals surface area (Å²) in [4.78, 5) is 38.9. The van der Waals surface area contributed by atoms with Gasteiger partial charge in [0.1, 0.15) is 0 Å². The van der Waals surface area contributed by atoms with Crippen LogP contribution in [0.5, 0.6) is 0 Å². The molecule has 1 aromatic heterocycles. The normalized spacial score (nSPS) is 10.7. The van der Waals surface area contributed by atoms with Crippen molar-refractivity contribution in [2.24, 2.45) is 0 Å². The smallest absolute Gasteiger partial charge is 0.338 e. The molecule has 2 aromatic rings. The highest BCUT2D eigenvalue weighted by molar-refractivity contribution is 7.12. The molecule has 0 unspecified atom stereocenters. The van der Waals surface area contributed by atoms with Crippen molar-refractivity contribution in [1.82, 2.24) is 4.90 Å².